The summed E-state index contributed by atoms with van der Waals surface area (Å²) in [5.74, 6) is 0. The first-order chi connectivity index (χ1) is 5.54. The first kappa shape index (κ1) is 9.93. The van der Waals surface area contributed by atoms with E-state index in [-0.39, 0.29) is 5.41 Å². The molecule has 0 aliphatic carbocycles. The zero-order chi connectivity index (χ0) is 9.19. The molecule has 0 bridgehead atoms. The van der Waals surface area contributed by atoms with E-state index in [0.29, 0.717) is 0 Å². The fourth-order valence-electron chi connectivity index (χ4n) is 0.763. The van der Waals surface area contributed by atoms with Crippen molar-refractivity contribution in [2.45, 2.75) is 26.2 Å². The molecule has 3 heteroatoms. The molecule has 1 heterocycles. The Morgan fingerprint density at radius 2 is 2.17 bits per heavy atom. The van der Waals surface area contributed by atoms with Gasteiger partial charge in [-0.1, -0.05) is 36.7 Å². The highest BCUT2D eigenvalue weighted by atomic mass is 79.9. The second-order valence-electron chi connectivity index (χ2n) is 3.61. The van der Waals surface area contributed by atoms with E-state index in [4.69, 9.17) is 0 Å². The lowest BCUT2D eigenvalue weighted by Crippen LogP contribution is -2.11. The number of hydrogen-bond acceptors (Lipinski definition) is 2. The predicted octanol–water partition coefficient (Wildman–Crippen LogP) is 3.81. The van der Waals surface area contributed by atoms with Gasteiger partial charge >= 0.3 is 0 Å². The molecule has 66 valence electrons. The van der Waals surface area contributed by atoms with E-state index in [1.165, 1.54) is 0 Å². The van der Waals surface area contributed by atoms with Crippen LogP contribution in [0.3, 0.4) is 0 Å². The summed E-state index contributed by atoms with van der Waals surface area (Å²) >= 11 is 4.90. The third kappa shape index (κ3) is 2.42. The maximum atomic E-state index is 4.47. The molecule has 0 fully saturated rings. The van der Waals surface area contributed by atoms with Crippen molar-refractivity contribution in [3.05, 3.63) is 21.1 Å². The van der Waals surface area contributed by atoms with Crippen molar-refractivity contribution in [1.82, 2.24) is 4.98 Å². The summed E-state index contributed by atoms with van der Waals surface area (Å²) in [6.07, 6.45) is 1.96. The van der Waals surface area contributed by atoms with Crippen molar-refractivity contribution in [3.63, 3.8) is 0 Å². The third-order valence-corrected chi connectivity index (χ3v) is 2.57. The van der Waals surface area contributed by atoms with Gasteiger partial charge in [-0.25, -0.2) is 4.98 Å². The van der Waals surface area contributed by atoms with Crippen LogP contribution in [0, 0.1) is 0 Å². The average molecular weight is 246 g/mol. The van der Waals surface area contributed by atoms with Crippen LogP contribution in [0.5, 0.6) is 0 Å². The van der Waals surface area contributed by atoms with Gasteiger partial charge in [-0.05, 0) is 11.1 Å². The van der Waals surface area contributed by atoms with Crippen LogP contribution in [0.4, 0.5) is 0 Å². The Balaban J connectivity index is 2.92. The predicted molar refractivity (Wildman–Crippen MR) is 58.8 cm³/mol. The Labute approximate surface area is 85.7 Å². The molecule has 0 atom stereocenters. The Kier molecular flexibility index (Phi) is 3.07. The van der Waals surface area contributed by atoms with Crippen LogP contribution in [-0.4, -0.2) is 4.98 Å². The van der Waals surface area contributed by atoms with E-state index in [1.54, 1.807) is 11.3 Å². The molecule has 0 saturated carbocycles. The molecule has 1 aromatic rings. The van der Waals surface area contributed by atoms with E-state index in [1.807, 2.05) is 11.1 Å². The van der Waals surface area contributed by atoms with E-state index in [9.17, 15) is 0 Å². The van der Waals surface area contributed by atoms with Gasteiger partial charge in [-0.3, -0.25) is 0 Å². The summed E-state index contributed by atoms with van der Waals surface area (Å²) in [5, 5.41) is 3.17. The largest absolute Gasteiger partial charge is 0.241 e. The molecule has 0 amide bonds. The molecule has 0 spiro atoms. The van der Waals surface area contributed by atoms with Crippen LogP contribution < -0.4 is 0 Å². The Hall–Kier alpha value is -0.150. The number of rotatable bonds is 1. The van der Waals surface area contributed by atoms with Crippen molar-refractivity contribution in [3.8, 4) is 0 Å². The molecule has 0 aliphatic rings. The first-order valence-electron chi connectivity index (χ1n) is 3.77. The van der Waals surface area contributed by atoms with E-state index in [2.05, 4.69) is 47.1 Å². The molecule has 0 radical (unpaired) electrons. The van der Waals surface area contributed by atoms with Crippen LogP contribution in [0.2, 0.25) is 0 Å². The lowest BCUT2D eigenvalue weighted by molar-refractivity contribution is 0.573. The maximum absolute atomic E-state index is 4.47. The fourth-order valence-corrected chi connectivity index (χ4v) is 2.12. The van der Waals surface area contributed by atoms with Gasteiger partial charge in [-0.15, -0.1) is 11.3 Å². The van der Waals surface area contributed by atoms with Crippen molar-refractivity contribution in [2.24, 2.45) is 0 Å². The van der Waals surface area contributed by atoms with Gasteiger partial charge in [0.15, 0.2) is 0 Å². The van der Waals surface area contributed by atoms with Gasteiger partial charge in [0.05, 0.1) is 5.69 Å². The van der Waals surface area contributed by atoms with Crippen molar-refractivity contribution in [1.29, 1.82) is 0 Å². The van der Waals surface area contributed by atoms with E-state index >= 15 is 0 Å². The number of halogens is 1. The van der Waals surface area contributed by atoms with Gasteiger partial charge in [0.25, 0.3) is 0 Å². The minimum Gasteiger partial charge on any atom is -0.241 e. The fraction of sp³-hybridized carbons (Fsp3) is 0.444. The second kappa shape index (κ2) is 3.71. The zero-order valence-electron chi connectivity index (χ0n) is 7.47. The van der Waals surface area contributed by atoms with Crippen LogP contribution in [0.15, 0.2) is 10.4 Å². The van der Waals surface area contributed by atoms with Crippen LogP contribution in [-0.2, 0) is 5.41 Å². The SMILES string of the molecule is CC(C)(C)c1csc(/C=C/Br)n1. The van der Waals surface area contributed by atoms with Crippen molar-refractivity contribution >= 4 is 33.3 Å². The highest BCUT2D eigenvalue weighted by molar-refractivity contribution is 9.11. The highest BCUT2D eigenvalue weighted by Gasteiger charge is 2.16. The van der Waals surface area contributed by atoms with Gasteiger partial charge < -0.3 is 0 Å². The van der Waals surface area contributed by atoms with Crippen LogP contribution in [0.25, 0.3) is 6.08 Å². The van der Waals surface area contributed by atoms with Crippen molar-refractivity contribution in [2.75, 3.05) is 0 Å². The van der Waals surface area contributed by atoms with Crippen molar-refractivity contribution < 1.29 is 0 Å². The Morgan fingerprint density at radius 3 is 2.58 bits per heavy atom. The quantitative estimate of drug-likeness (QED) is 0.734. The second-order valence-corrected chi connectivity index (χ2v) is 5.03. The van der Waals surface area contributed by atoms with Crippen LogP contribution in [0.1, 0.15) is 31.5 Å². The summed E-state index contributed by atoms with van der Waals surface area (Å²) in [7, 11) is 0. The number of nitrogens with zero attached hydrogens (tertiary/aromatic N) is 1. The summed E-state index contributed by atoms with van der Waals surface area (Å²) in [6, 6.07) is 0. The zero-order valence-corrected chi connectivity index (χ0v) is 9.87. The molecular weight excluding hydrogens is 234 g/mol. The van der Waals surface area contributed by atoms with Gasteiger partial charge in [0.2, 0.25) is 0 Å². The molecule has 0 unspecified atom stereocenters. The smallest absolute Gasteiger partial charge is 0.116 e. The normalized spacial score (nSPS) is 12.7. The summed E-state index contributed by atoms with van der Waals surface area (Å²) in [5.41, 5.74) is 1.32. The monoisotopic (exact) mass is 245 g/mol. The molecule has 0 N–H and O–H groups in total. The third-order valence-electron chi connectivity index (χ3n) is 1.50. The summed E-state index contributed by atoms with van der Waals surface area (Å²) < 4.78 is 0. The van der Waals surface area contributed by atoms with Gasteiger partial charge in [0.1, 0.15) is 5.01 Å². The standard InChI is InChI=1S/C9H12BrNS/c1-9(2,3)7-6-12-8(11-7)4-5-10/h4-6H,1-3H3/b5-4+. The summed E-state index contributed by atoms with van der Waals surface area (Å²) in [4.78, 5) is 6.30. The molecular formula is C9H12BrNS. The maximum Gasteiger partial charge on any atom is 0.116 e. The first-order valence-corrected chi connectivity index (χ1v) is 5.56. The number of hydrogen-bond donors (Lipinski definition) is 0. The minimum atomic E-state index is 0.162. The number of thiazole rings is 1. The van der Waals surface area contributed by atoms with E-state index in [0.717, 1.165) is 10.7 Å². The number of aromatic nitrogens is 1. The molecule has 12 heavy (non-hydrogen) atoms. The molecule has 0 aromatic carbocycles. The van der Waals surface area contributed by atoms with Gasteiger partial charge in [-0.2, -0.15) is 0 Å². The molecule has 1 nitrogen and oxygen atoms in total. The lowest BCUT2D eigenvalue weighted by atomic mass is 9.93. The Morgan fingerprint density at radius 1 is 1.50 bits per heavy atom. The van der Waals surface area contributed by atoms with Crippen LogP contribution >= 0.6 is 27.3 Å². The molecule has 0 saturated heterocycles. The highest BCUT2D eigenvalue weighted by Crippen LogP contribution is 2.24. The molecule has 1 aromatic heterocycles. The molecule has 1 rings (SSSR count). The van der Waals surface area contributed by atoms with E-state index < -0.39 is 0 Å². The van der Waals surface area contributed by atoms with Gasteiger partial charge in [0, 0.05) is 10.8 Å². The average Bonchev–Trinajstić information content (AvgIpc) is 2.35. The topological polar surface area (TPSA) is 12.9 Å². The lowest BCUT2D eigenvalue weighted by Gasteiger charge is -2.13. The summed E-state index contributed by atoms with van der Waals surface area (Å²) in [6.45, 7) is 6.51. The Bertz CT molecular complexity index is 283. The molecule has 0 aliphatic heterocycles. The minimum absolute atomic E-state index is 0.162.